The molecular formula is C39H47N3O9. The molecule has 2 aromatic carbocycles. The van der Waals surface area contributed by atoms with Crippen molar-refractivity contribution in [2.45, 2.75) is 132 Å². The molecule has 2 aromatic rings. The summed E-state index contributed by atoms with van der Waals surface area (Å²) in [6.45, 7) is 1.41. The molecule has 0 bridgehead atoms. The molecule has 12 heteroatoms. The molecule has 1 aliphatic heterocycles. The first-order valence-corrected chi connectivity index (χ1v) is 18.2. The van der Waals surface area contributed by atoms with Crippen LogP contribution >= 0.6 is 0 Å². The number of nitrogens with one attached hydrogen (secondary N) is 3. The molecule has 1 saturated heterocycles. The van der Waals surface area contributed by atoms with Gasteiger partial charge in [-0.25, -0.2) is 14.4 Å². The normalized spacial score (nSPS) is 26.8. The van der Waals surface area contributed by atoms with E-state index in [2.05, 4.69) is 16.0 Å². The largest absolute Gasteiger partial charge is 0.451 e. The van der Waals surface area contributed by atoms with Crippen LogP contribution < -0.4 is 16.0 Å². The molecule has 4 aliphatic rings. The zero-order valence-electron chi connectivity index (χ0n) is 29.1. The fraction of sp³-hybridized carbons (Fsp3) is 0.538. The van der Waals surface area contributed by atoms with Crippen molar-refractivity contribution in [2.24, 2.45) is 0 Å². The molecule has 3 aliphatic carbocycles. The molecule has 51 heavy (non-hydrogen) atoms. The molecule has 272 valence electrons. The average molecular weight is 702 g/mol. The van der Waals surface area contributed by atoms with Crippen LogP contribution in [0.1, 0.15) is 95.1 Å². The topological polar surface area (TPSA) is 166 Å². The van der Waals surface area contributed by atoms with Crippen LogP contribution in [0.3, 0.4) is 0 Å². The SMILES string of the molecule is C[C@@H]1OC(=O)C2(CCCC2)NC(=O)[C@H](Cc2ccccc2)OC(=O)C2(CCCC2)NC(=O)[C@@H](Cc2ccccc2)OC(=O)C2(CCCC2)NC1=O. The average Bonchev–Trinajstić information content (AvgIpc) is 3.91. The van der Waals surface area contributed by atoms with Crippen molar-refractivity contribution in [1.29, 1.82) is 0 Å². The van der Waals surface area contributed by atoms with Crippen LogP contribution in [0, 0.1) is 0 Å². The fourth-order valence-corrected chi connectivity index (χ4v) is 7.89. The highest BCUT2D eigenvalue weighted by atomic mass is 16.6. The summed E-state index contributed by atoms with van der Waals surface area (Å²) in [7, 11) is 0. The van der Waals surface area contributed by atoms with Crippen molar-refractivity contribution in [3.8, 4) is 0 Å². The van der Waals surface area contributed by atoms with Crippen molar-refractivity contribution in [3.63, 3.8) is 0 Å². The first-order chi connectivity index (χ1) is 24.5. The minimum Gasteiger partial charge on any atom is -0.451 e. The van der Waals surface area contributed by atoms with E-state index in [0.717, 1.165) is 11.1 Å². The summed E-state index contributed by atoms with van der Waals surface area (Å²) in [6, 6.07) is 18.1. The molecule has 3 atom stereocenters. The lowest BCUT2D eigenvalue weighted by molar-refractivity contribution is -0.171. The van der Waals surface area contributed by atoms with Crippen LogP contribution in [0.15, 0.2) is 60.7 Å². The van der Waals surface area contributed by atoms with Gasteiger partial charge in [0.25, 0.3) is 17.7 Å². The maximum Gasteiger partial charge on any atom is 0.332 e. The Kier molecular flexibility index (Phi) is 10.8. The number of ether oxygens (including phenoxy) is 3. The Labute approximate surface area is 297 Å². The maximum atomic E-state index is 14.2. The quantitative estimate of drug-likeness (QED) is 0.319. The van der Waals surface area contributed by atoms with Gasteiger partial charge in [0.05, 0.1) is 0 Å². The monoisotopic (exact) mass is 701 g/mol. The second kappa shape index (κ2) is 15.2. The van der Waals surface area contributed by atoms with Gasteiger partial charge in [-0.05, 0) is 56.6 Å². The second-order valence-corrected chi connectivity index (χ2v) is 14.6. The molecule has 3 spiro atoms. The van der Waals surface area contributed by atoms with E-state index in [9.17, 15) is 28.8 Å². The molecule has 0 radical (unpaired) electrons. The standard InChI is InChI=1S/C39H47N3O9/c1-26-31(43)40-38(20-10-11-21-38)35(47)50-30(25-28-16-6-3-7-17-28)33(45)42-39(22-12-13-23-39)36(48)51-29(24-27-14-4-2-5-15-27)32(44)41-37(34(46)49-26)18-8-9-19-37/h2-7,14-17,26,29-30H,8-13,18-25H2,1H3,(H,40,43)(H,41,44)(H,42,45)/t26-,29-,30+/m0/s1. The number of benzene rings is 2. The van der Waals surface area contributed by atoms with E-state index in [0.29, 0.717) is 38.5 Å². The van der Waals surface area contributed by atoms with Gasteiger partial charge in [-0.1, -0.05) is 99.2 Å². The highest BCUT2D eigenvalue weighted by Gasteiger charge is 2.51. The van der Waals surface area contributed by atoms with Gasteiger partial charge in [0.1, 0.15) is 16.6 Å². The summed E-state index contributed by atoms with van der Waals surface area (Å²) in [4.78, 5) is 84.1. The van der Waals surface area contributed by atoms with E-state index in [4.69, 9.17) is 14.2 Å². The third kappa shape index (κ3) is 7.94. The summed E-state index contributed by atoms with van der Waals surface area (Å²) in [6.07, 6.45) is 1.43. The number of esters is 3. The number of rotatable bonds is 4. The zero-order chi connectivity index (χ0) is 36.1. The summed E-state index contributed by atoms with van der Waals surface area (Å²) < 4.78 is 17.7. The third-order valence-electron chi connectivity index (χ3n) is 10.9. The van der Waals surface area contributed by atoms with Gasteiger partial charge in [0.2, 0.25) is 0 Å². The number of cyclic esters (lactones) is 3. The molecule has 3 N–H and O–H groups in total. The lowest BCUT2D eigenvalue weighted by atomic mass is 9.94. The summed E-state index contributed by atoms with van der Waals surface area (Å²) in [5.41, 5.74) is -2.90. The van der Waals surface area contributed by atoms with E-state index in [1.807, 2.05) is 12.1 Å². The van der Waals surface area contributed by atoms with Crippen molar-refractivity contribution in [2.75, 3.05) is 0 Å². The van der Waals surface area contributed by atoms with Crippen molar-refractivity contribution < 1.29 is 43.0 Å². The van der Waals surface area contributed by atoms with Gasteiger partial charge in [0.15, 0.2) is 18.3 Å². The number of hydrogen-bond acceptors (Lipinski definition) is 9. The molecule has 0 unspecified atom stereocenters. The van der Waals surface area contributed by atoms with Crippen LogP contribution in [-0.2, 0) is 55.8 Å². The Bertz CT molecular complexity index is 1560. The van der Waals surface area contributed by atoms with Crippen molar-refractivity contribution >= 4 is 35.6 Å². The Morgan fingerprint density at radius 2 is 0.804 bits per heavy atom. The van der Waals surface area contributed by atoms with E-state index in [1.165, 1.54) is 6.92 Å². The summed E-state index contributed by atoms with van der Waals surface area (Å²) >= 11 is 0. The van der Waals surface area contributed by atoms with E-state index in [-0.39, 0.29) is 51.4 Å². The zero-order valence-corrected chi connectivity index (χ0v) is 29.1. The van der Waals surface area contributed by atoms with E-state index >= 15 is 0 Å². The molecule has 1 heterocycles. The Balaban J connectivity index is 1.38. The summed E-state index contributed by atoms with van der Waals surface area (Å²) in [5, 5.41) is 8.58. The van der Waals surface area contributed by atoms with Gasteiger partial charge in [0, 0.05) is 12.8 Å². The lowest BCUT2D eigenvalue weighted by Gasteiger charge is -2.35. The number of carbonyl (C=O) groups is 6. The van der Waals surface area contributed by atoms with Crippen LogP contribution in [-0.4, -0.2) is 70.6 Å². The third-order valence-corrected chi connectivity index (χ3v) is 10.9. The minimum absolute atomic E-state index is 0.0166. The molecule has 6 rings (SSSR count). The molecular weight excluding hydrogens is 654 g/mol. The van der Waals surface area contributed by atoms with Crippen LogP contribution in [0.2, 0.25) is 0 Å². The number of amides is 3. The van der Waals surface area contributed by atoms with Gasteiger partial charge in [-0.15, -0.1) is 0 Å². The summed E-state index contributed by atoms with van der Waals surface area (Å²) in [5.74, 6) is -4.35. The smallest absolute Gasteiger partial charge is 0.332 e. The van der Waals surface area contributed by atoms with Crippen LogP contribution in [0.5, 0.6) is 0 Å². The minimum atomic E-state index is -1.47. The fourth-order valence-electron chi connectivity index (χ4n) is 7.89. The number of carbonyl (C=O) groups excluding carboxylic acids is 6. The molecule has 3 saturated carbocycles. The lowest BCUT2D eigenvalue weighted by Crippen LogP contribution is -2.62. The van der Waals surface area contributed by atoms with Gasteiger partial charge >= 0.3 is 17.9 Å². The maximum absolute atomic E-state index is 14.2. The molecule has 4 fully saturated rings. The molecule has 3 amide bonds. The Hall–Kier alpha value is -4.74. The van der Waals surface area contributed by atoms with Gasteiger partial charge in [-0.3, -0.25) is 14.4 Å². The Morgan fingerprint density at radius 3 is 1.16 bits per heavy atom. The van der Waals surface area contributed by atoms with Crippen LogP contribution in [0.4, 0.5) is 0 Å². The highest BCUT2D eigenvalue weighted by molar-refractivity contribution is 5.97. The van der Waals surface area contributed by atoms with E-state index in [1.54, 1.807) is 48.5 Å². The molecule has 12 nitrogen and oxygen atoms in total. The predicted molar refractivity (Wildman–Crippen MR) is 184 cm³/mol. The first-order valence-electron chi connectivity index (χ1n) is 18.2. The predicted octanol–water partition coefficient (Wildman–Crippen LogP) is 3.53. The van der Waals surface area contributed by atoms with Crippen LogP contribution in [0.25, 0.3) is 0 Å². The van der Waals surface area contributed by atoms with Crippen molar-refractivity contribution in [3.05, 3.63) is 71.8 Å². The van der Waals surface area contributed by atoms with E-state index < -0.39 is 70.6 Å². The van der Waals surface area contributed by atoms with Crippen molar-refractivity contribution in [1.82, 2.24) is 16.0 Å². The van der Waals surface area contributed by atoms with Gasteiger partial charge < -0.3 is 30.2 Å². The molecule has 0 aromatic heterocycles. The number of hydrogen-bond donors (Lipinski definition) is 3. The Morgan fingerprint density at radius 1 is 0.490 bits per heavy atom. The second-order valence-electron chi connectivity index (χ2n) is 14.6. The first kappa shape index (κ1) is 36.1. The van der Waals surface area contributed by atoms with Gasteiger partial charge in [-0.2, -0.15) is 0 Å². The highest BCUT2D eigenvalue weighted by Crippen LogP contribution is 2.35.